The molecule has 1 aliphatic rings. The smallest absolute Gasteiger partial charge is 0.332 e. The minimum Gasteiger partial charge on any atom is -0.395 e. The van der Waals surface area contributed by atoms with Crippen molar-refractivity contribution in [3.05, 3.63) is 26.4 Å². The molecule has 0 amide bonds. The number of hydrogen-bond donors (Lipinski definition) is 2. The predicted octanol–water partition coefficient (Wildman–Crippen LogP) is -1.69. The highest BCUT2D eigenvalue weighted by Crippen LogP contribution is 2.26. The fourth-order valence-corrected chi connectivity index (χ4v) is 2.34. The first-order valence-electron chi connectivity index (χ1n) is 6.82. The highest BCUT2D eigenvalue weighted by atomic mass is 16.3. The van der Waals surface area contributed by atoms with Gasteiger partial charge in [-0.05, 0) is 12.8 Å². The van der Waals surface area contributed by atoms with Gasteiger partial charge in [-0.25, -0.2) is 4.79 Å². The van der Waals surface area contributed by atoms with E-state index in [9.17, 15) is 14.4 Å². The molecule has 3 N–H and O–H groups in total. The highest BCUT2D eigenvalue weighted by molar-refractivity contribution is 6.01. The van der Waals surface area contributed by atoms with Crippen LogP contribution in [-0.2, 0) is 14.1 Å². The molecule has 1 aromatic heterocycles. The van der Waals surface area contributed by atoms with E-state index in [0.717, 1.165) is 22.0 Å². The summed E-state index contributed by atoms with van der Waals surface area (Å²) in [6.07, 6.45) is 1.96. The Bertz CT molecular complexity index is 672. The minimum absolute atomic E-state index is 0.0167. The topological polar surface area (TPSA) is 111 Å². The van der Waals surface area contributed by atoms with E-state index in [1.54, 1.807) is 0 Å². The summed E-state index contributed by atoms with van der Waals surface area (Å²) >= 11 is 0. The van der Waals surface area contributed by atoms with Gasteiger partial charge in [-0.2, -0.15) is 0 Å². The molecule has 1 heterocycles. The molecule has 1 saturated carbocycles. The number of rotatable bonds is 6. The molecule has 0 aromatic carbocycles. The average molecular weight is 296 g/mol. The zero-order valence-electron chi connectivity index (χ0n) is 12.2. The molecule has 2 rings (SSSR count). The highest BCUT2D eigenvalue weighted by Gasteiger charge is 2.31. The van der Waals surface area contributed by atoms with Crippen molar-refractivity contribution in [2.24, 2.45) is 14.1 Å². The fraction of sp³-hybridized carbons (Fsp3) is 0.615. The Balaban J connectivity index is 2.35. The summed E-state index contributed by atoms with van der Waals surface area (Å²) in [6.45, 7) is 0.343. The van der Waals surface area contributed by atoms with Crippen LogP contribution in [0, 0.1) is 0 Å². The number of nitrogens with two attached hydrogens (primary N) is 1. The summed E-state index contributed by atoms with van der Waals surface area (Å²) in [5.74, 6) is -0.545. The lowest BCUT2D eigenvalue weighted by Crippen LogP contribution is -2.44. The first-order chi connectivity index (χ1) is 9.88. The molecule has 116 valence electrons. The van der Waals surface area contributed by atoms with E-state index in [1.165, 1.54) is 14.1 Å². The summed E-state index contributed by atoms with van der Waals surface area (Å²) in [7, 11) is 2.73. The van der Waals surface area contributed by atoms with Gasteiger partial charge < -0.3 is 10.8 Å². The summed E-state index contributed by atoms with van der Waals surface area (Å²) in [5, 5.41) is 9.04. The van der Waals surface area contributed by atoms with E-state index in [0.29, 0.717) is 6.54 Å². The third kappa shape index (κ3) is 2.91. The standard InChI is InChI=1S/C13H20N4O4/c1-15-11(14)10(12(20)16(2)13(15)21)9(19)7-17(5-6-18)8-3-4-8/h8,18H,3-7,14H2,1-2H3. The van der Waals surface area contributed by atoms with Crippen molar-refractivity contribution >= 4 is 11.6 Å². The lowest BCUT2D eigenvalue weighted by molar-refractivity contribution is 0.0905. The minimum atomic E-state index is -0.680. The number of carbonyl (C=O) groups excluding carboxylic acids is 1. The van der Waals surface area contributed by atoms with Crippen molar-refractivity contribution in [3.63, 3.8) is 0 Å². The molecule has 0 saturated heterocycles. The number of aliphatic hydroxyl groups is 1. The molecule has 8 heteroatoms. The number of aliphatic hydroxyl groups excluding tert-OH is 1. The Kier molecular flexibility index (Phi) is 4.29. The maximum absolute atomic E-state index is 12.4. The van der Waals surface area contributed by atoms with Crippen molar-refractivity contribution in [2.45, 2.75) is 18.9 Å². The van der Waals surface area contributed by atoms with E-state index in [1.807, 2.05) is 4.90 Å². The van der Waals surface area contributed by atoms with Gasteiger partial charge in [0, 0.05) is 26.7 Å². The number of nitrogen functional groups attached to an aromatic ring is 1. The third-order valence-corrected chi connectivity index (χ3v) is 3.79. The quantitative estimate of drug-likeness (QED) is 0.606. The average Bonchev–Trinajstić information content (AvgIpc) is 3.27. The molecule has 0 atom stereocenters. The van der Waals surface area contributed by atoms with Crippen LogP contribution >= 0.6 is 0 Å². The van der Waals surface area contributed by atoms with Gasteiger partial charge in [-0.1, -0.05) is 0 Å². The van der Waals surface area contributed by atoms with Gasteiger partial charge in [-0.3, -0.25) is 23.6 Å². The molecule has 21 heavy (non-hydrogen) atoms. The van der Waals surface area contributed by atoms with Gasteiger partial charge in [-0.15, -0.1) is 0 Å². The van der Waals surface area contributed by atoms with Gasteiger partial charge in [0.05, 0.1) is 13.2 Å². The SMILES string of the molecule is Cn1c(N)c(C(=O)CN(CCO)C2CC2)c(=O)n(C)c1=O. The van der Waals surface area contributed by atoms with Crippen molar-refractivity contribution < 1.29 is 9.90 Å². The largest absolute Gasteiger partial charge is 0.395 e. The second-order valence-electron chi connectivity index (χ2n) is 5.31. The zero-order valence-corrected chi connectivity index (χ0v) is 12.2. The van der Waals surface area contributed by atoms with E-state index in [4.69, 9.17) is 10.8 Å². The third-order valence-electron chi connectivity index (χ3n) is 3.79. The van der Waals surface area contributed by atoms with E-state index in [-0.39, 0.29) is 30.6 Å². The molecule has 1 aromatic rings. The number of ketones is 1. The van der Waals surface area contributed by atoms with Crippen LogP contribution in [0.15, 0.2) is 9.59 Å². The second kappa shape index (κ2) is 5.82. The number of aromatic nitrogens is 2. The van der Waals surface area contributed by atoms with E-state index >= 15 is 0 Å². The maximum atomic E-state index is 12.4. The molecule has 0 radical (unpaired) electrons. The Morgan fingerprint density at radius 1 is 1.33 bits per heavy atom. The molecule has 1 fully saturated rings. The Morgan fingerprint density at radius 3 is 2.48 bits per heavy atom. The number of Topliss-reactive ketones (excluding diaryl/α,β-unsaturated/α-hetero) is 1. The monoisotopic (exact) mass is 296 g/mol. The lowest BCUT2D eigenvalue weighted by Gasteiger charge is -2.20. The number of nitrogens with zero attached hydrogens (tertiary/aromatic N) is 3. The molecule has 0 bridgehead atoms. The molecule has 8 nitrogen and oxygen atoms in total. The van der Waals surface area contributed by atoms with Gasteiger partial charge in [0.25, 0.3) is 5.56 Å². The lowest BCUT2D eigenvalue weighted by atomic mass is 10.1. The summed E-state index contributed by atoms with van der Waals surface area (Å²) in [6, 6.07) is 0.277. The fourth-order valence-electron chi connectivity index (χ4n) is 2.34. The van der Waals surface area contributed by atoms with Gasteiger partial charge in [0.1, 0.15) is 11.4 Å². The van der Waals surface area contributed by atoms with E-state index < -0.39 is 17.0 Å². The first kappa shape index (κ1) is 15.5. The summed E-state index contributed by atoms with van der Waals surface area (Å²) < 4.78 is 1.96. The molecule has 0 spiro atoms. The van der Waals surface area contributed by atoms with Gasteiger partial charge in [0.15, 0.2) is 5.78 Å². The van der Waals surface area contributed by atoms with Crippen LogP contribution < -0.4 is 17.0 Å². The number of anilines is 1. The molecule has 0 unspecified atom stereocenters. The van der Waals surface area contributed by atoms with Crippen LogP contribution in [-0.4, -0.2) is 50.7 Å². The van der Waals surface area contributed by atoms with Crippen LogP contribution in [0.3, 0.4) is 0 Å². The normalized spacial score (nSPS) is 14.7. The van der Waals surface area contributed by atoms with Crippen molar-refractivity contribution in [2.75, 3.05) is 25.4 Å². The maximum Gasteiger partial charge on any atom is 0.332 e. The van der Waals surface area contributed by atoms with Crippen molar-refractivity contribution in [1.29, 1.82) is 0 Å². The number of carbonyl (C=O) groups is 1. The molecular weight excluding hydrogens is 276 g/mol. The van der Waals surface area contributed by atoms with E-state index in [2.05, 4.69) is 0 Å². The van der Waals surface area contributed by atoms with Crippen molar-refractivity contribution in [1.82, 2.24) is 14.0 Å². The Labute approximate surface area is 121 Å². The predicted molar refractivity (Wildman–Crippen MR) is 77.3 cm³/mol. The Hall–Kier alpha value is -1.93. The van der Waals surface area contributed by atoms with Crippen LogP contribution in [0.25, 0.3) is 0 Å². The van der Waals surface area contributed by atoms with Gasteiger partial charge in [0.2, 0.25) is 0 Å². The van der Waals surface area contributed by atoms with Gasteiger partial charge >= 0.3 is 5.69 Å². The summed E-state index contributed by atoms with van der Waals surface area (Å²) in [5.41, 5.74) is 4.35. The zero-order chi connectivity index (χ0) is 15.7. The van der Waals surface area contributed by atoms with Crippen LogP contribution in [0.4, 0.5) is 5.82 Å². The summed E-state index contributed by atoms with van der Waals surface area (Å²) in [4.78, 5) is 38.1. The van der Waals surface area contributed by atoms with Crippen molar-refractivity contribution in [3.8, 4) is 0 Å². The first-order valence-corrected chi connectivity index (χ1v) is 6.82. The molecule has 1 aliphatic carbocycles. The van der Waals surface area contributed by atoms with Crippen LogP contribution in [0.5, 0.6) is 0 Å². The molecule has 0 aliphatic heterocycles. The molecular formula is C13H20N4O4. The van der Waals surface area contributed by atoms with Crippen LogP contribution in [0.2, 0.25) is 0 Å². The van der Waals surface area contributed by atoms with Crippen LogP contribution in [0.1, 0.15) is 23.2 Å². The Morgan fingerprint density at radius 2 is 1.95 bits per heavy atom. The second-order valence-corrected chi connectivity index (χ2v) is 5.31. The number of hydrogen-bond acceptors (Lipinski definition) is 6.